The van der Waals surface area contributed by atoms with Crippen molar-refractivity contribution in [2.75, 3.05) is 66.0 Å². The Morgan fingerprint density at radius 3 is 2.10 bits per heavy atom. The fourth-order valence-electron chi connectivity index (χ4n) is 2.57. The van der Waals surface area contributed by atoms with Crippen molar-refractivity contribution in [1.82, 2.24) is 10.6 Å². The zero-order valence-electron chi connectivity index (χ0n) is 17.7. The highest BCUT2D eigenvalue weighted by atomic mass is 16.6. The Morgan fingerprint density at radius 1 is 1.00 bits per heavy atom. The van der Waals surface area contributed by atoms with Crippen LogP contribution >= 0.6 is 0 Å². The van der Waals surface area contributed by atoms with E-state index in [1.165, 1.54) is 0 Å². The number of carbonyl (C=O) groups excluding carboxylic acids is 3. The number of amides is 2. The van der Waals surface area contributed by atoms with Crippen molar-refractivity contribution in [3.63, 3.8) is 0 Å². The highest BCUT2D eigenvalue weighted by Crippen LogP contribution is 2.06. The molecule has 11 nitrogen and oxygen atoms in total. The minimum absolute atomic E-state index is 0.0887. The molecule has 1 saturated heterocycles. The number of esters is 1. The third-order valence-corrected chi connectivity index (χ3v) is 4.02. The SMILES string of the molecule is CC(CC(=O)NC1CCOC1=O)NC(=O)CCOCCOCCOCCOCCN. The minimum Gasteiger partial charge on any atom is -0.464 e. The molecule has 1 fully saturated rings. The lowest BCUT2D eigenvalue weighted by Gasteiger charge is -2.15. The van der Waals surface area contributed by atoms with Gasteiger partial charge in [-0.05, 0) is 6.92 Å². The summed E-state index contributed by atoms with van der Waals surface area (Å²) in [6.07, 6.45) is 0.752. The molecule has 0 radical (unpaired) electrons. The molecule has 2 amide bonds. The topological polar surface area (TPSA) is 147 Å². The second-order valence-corrected chi connectivity index (χ2v) is 6.74. The zero-order chi connectivity index (χ0) is 22.0. The first kappa shape index (κ1) is 26.2. The average Bonchev–Trinajstić information content (AvgIpc) is 3.09. The number of hydrogen-bond acceptors (Lipinski definition) is 9. The van der Waals surface area contributed by atoms with Crippen LogP contribution in [0, 0.1) is 0 Å². The van der Waals surface area contributed by atoms with Gasteiger partial charge in [-0.25, -0.2) is 4.79 Å². The van der Waals surface area contributed by atoms with Crippen molar-refractivity contribution in [3.8, 4) is 0 Å². The Balaban J connectivity index is 1.90. The quantitative estimate of drug-likeness (QED) is 0.178. The molecule has 2 unspecified atom stereocenters. The summed E-state index contributed by atoms with van der Waals surface area (Å²) in [7, 11) is 0. The summed E-state index contributed by atoms with van der Waals surface area (Å²) in [5, 5.41) is 5.33. The van der Waals surface area contributed by atoms with Gasteiger partial charge in [0.1, 0.15) is 6.04 Å². The van der Waals surface area contributed by atoms with Gasteiger partial charge in [-0.15, -0.1) is 0 Å². The van der Waals surface area contributed by atoms with Crippen LogP contribution < -0.4 is 16.4 Å². The molecule has 1 aliphatic rings. The van der Waals surface area contributed by atoms with E-state index in [9.17, 15) is 14.4 Å². The summed E-state index contributed by atoms with van der Waals surface area (Å²) in [4.78, 5) is 35.1. The molecule has 0 aromatic carbocycles. The molecular weight excluding hydrogens is 398 g/mol. The van der Waals surface area contributed by atoms with E-state index in [-0.39, 0.29) is 37.3 Å². The van der Waals surface area contributed by atoms with E-state index in [0.717, 1.165) is 0 Å². The smallest absolute Gasteiger partial charge is 0.328 e. The van der Waals surface area contributed by atoms with E-state index in [1.807, 2.05) is 0 Å². The maximum Gasteiger partial charge on any atom is 0.328 e. The van der Waals surface area contributed by atoms with Gasteiger partial charge in [-0.3, -0.25) is 9.59 Å². The lowest BCUT2D eigenvalue weighted by molar-refractivity contribution is -0.141. The van der Waals surface area contributed by atoms with Gasteiger partial charge in [0, 0.05) is 31.8 Å². The van der Waals surface area contributed by atoms with E-state index in [1.54, 1.807) is 6.92 Å². The molecule has 0 aromatic heterocycles. The molecule has 2 atom stereocenters. The van der Waals surface area contributed by atoms with Crippen LogP contribution in [0.5, 0.6) is 0 Å². The van der Waals surface area contributed by atoms with Crippen molar-refractivity contribution >= 4 is 17.8 Å². The van der Waals surface area contributed by atoms with Crippen LogP contribution in [0.4, 0.5) is 0 Å². The Labute approximate surface area is 177 Å². The van der Waals surface area contributed by atoms with Gasteiger partial charge >= 0.3 is 5.97 Å². The molecule has 0 bridgehead atoms. The summed E-state index contributed by atoms with van der Waals surface area (Å²) in [6, 6.07) is -0.933. The van der Waals surface area contributed by atoms with Crippen molar-refractivity contribution in [3.05, 3.63) is 0 Å². The molecule has 0 aliphatic carbocycles. The number of nitrogens with one attached hydrogen (secondary N) is 2. The molecule has 0 spiro atoms. The van der Waals surface area contributed by atoms with Crippen LogP contribution in [0.2, 0.25) is 0 Å². The monoisotopic (exact) mass is 433 g/mol. The van der Waals surface area contributed by atoms with E-state index in [0.29, 0.717) is 65.8 Å². The first-order chi connectivity index (χ1) is 14.5. The van der Waals surface area contributed by atoms with Gasteiger partial charge in [0.25, 0.3) is 0 Å². The largest absolute Gasteiger partial charge is 0.464 e. The molecule has 4 N–H and O–H groups in total. The first-order valence-electron chi connectivity index (χ1n) is 10.3. The van der Waals surface area contributed by atoms with Gasteiger partial charge in [-0.2, -0.15) is 0 Å². The molecule has 0 aromatic rings. The van der Waals surface area contributed by atoms with Crippen LogP contribution in [0.15, 0.2) is 0 Å². The lowest BCUT2D eigenvalue weighted by atomic mass is 10.2. The van der Waals surface area contributed by atoms with E-state index in [2.05, 4.69) is 10.6 Å². The molecule has 30 heavy (non-hydrogen) atoms. The van der Waals surface area contributed by atoms with Crippen LogP contribution in [0.3, 0.4) is 0 Å². The number of hydrogen-bond donors (Lipinski definition) is 3. The molecule has 0 saturated carbocycles. The minimum atomic E-state index is -0.585. The van der Waals surface area contributed by atoms with Gasteiger partial charge in [0.15, 0.2) is 0 Å². The molecule has 1 heterocycles. The van der Waals surface area contributed by atoms with Gasteiger partial charge < -0.3 is 40.1 Å². The third kappa shape index (κ3) is 13.4. The van der Waals surface area contributed by atoms with Crippen LogP contribution in [-0.2, 0) is 38.1 Å². The number of cyclic esters (lactones) is 1. The second-order valence-electron chi connectivity index (χ2n) is 6.74. The molecular formula is C19H35N3O8. The van der Waals surface area contributed by atoms with Crippen LogP contribution in [0.1, 0.15) is 26.2 Å². The normalized spacial score (nSPS) is 16.9. The van der Waals surface area contributed by atoms with Gasteiger partial charge in [0.2, 0.25) is 11.8 Å². The zero-order valence-corrected chi connectivity index (χ0v) is 17.7. The number of ether oxygens (including phenoxy) is 5. The fourth-order valence-corrected chi connectivity index (χ4v) is 2.57. The second kappa shape index (κ2) is 16.9. The van der Waals surface area contributed by atoms with E-state index in [4.69, 9.17) is 29.4 Å². The van der Waals surface area contributed by atoms with Gasteiger partial charge in [-0.1, -0.05) is 0 Å². The van der Waals surface area contributed by atoms with Crippen molar-refractivity contribution in [2.24, 2.45) is 5.73 Å². The van der Waals surface area contributed by atoms with Gasteiger partial charge in [0.05, 0.1) is 59.5 Å². The number of rotatable bonds is 18. The standard InChI is InChI=1S/C19H35N3O8/c1-15(14-18(24)22-16-2-6-30-19(16)25)21-17(23)3-5-26-8-10-28-12-13-29-11-9-27-7-4-20/h15-16H,2-14,20H2,1H3,(H,21,23)(H,22,24). The van der Waals surface area contributed by atoms with Crippen LogP contribution in [-0.4, -0.2) is 95.9 Å². The first-order valence-corrected chi connectivity index (χ1v) is 10.3. The summed E-state index contributed by atoms with van der Waals surface area (Å²) < 4.78 is 26.0. The lowest BCUT2D eigenvalue weighted by Crippen LogP contribution is -2.42. The summed E-state index contributed by atoms with van der Waals surface area (Å²) in [6.45, 7) is 6.08. The average molecular weight is 434 g/mol. The Kier molecular flexibility index (Phi) is 14.8. The molecule has 11 heteroatoms. The predicted octanol–water partition coefficient (Wildman–Crippen LogP) is -1.27. The maximum atomic E-state index is 11.9. The third-order valence-electron chi connectivity index (χ3n) is 4.02. The summed E-state index contributed by atoms with van der Waals surface area (Å²) in [5.41, 5.74) is 5.30. The summed E-state index contributed by atoms with van der Waals surface area (Å²) >= 11 is 0. The van der Waals surface area contributed by atoms with Crippen molar-refractivity contribution in [1.29, 1.82) is 0 Å². The van der Waals surface area contributed by atoms with Crippen molar-refractivity contribution in [2.45, 2.75) is 38.3 Å². The molecule has 174 valence electrons. The Hall–Kier alpha value is -1.79. The Bertz CT molecular complexity index is 506. The van der Waals surface area contributed by atoms with Crippen molar-refractivity contribution < 1.29 is 38.1 Å². The van der Waals surface area contributed by atoms with Crippen LogP contribution in [0.25, 0.3) is 0 Å². The highest BCUT2D eigenvalue weighted by molar-refractivity contribution is 5.86. The molecule has 1 rings (SSSR count). The predicted molar refractivity (Wildman–Crippen MR) is 107 cm³/mol. The maximum absolute atomic E-state index is 11.9. The Morgan fingerprint density at radius 2 is 1.57 bits per heavy atom. The molecule has 1 aliphatic heterocycles. The van der Waals surface area contributed by atoms with E-state index < -0.39 is 12.0 Å². The number of carbonyl (C=O) groups is 3. The number of nitrogens with two attached hydrogens (primary N) is 1. The summed E-state index contributed by atoms with van der Waals surface area (Å²) in [5.74, 6) is -0.921. The highest BCUT2D eigenvalue weighted by Gasteiger charge is 2.28. The fraction of sp³-hybridized carbons (Fsp3) is 0.842. The van der Waals surface area contributed by atoms with E-state index >= 15 is 0 Å².